The summed E-state index contributed by atoms with van der Waals surface area (Å²) in [6.45, 7) is 5.28. The Balaban J connectivity index is 1.40. The van der Waals surface area contributed by atoms with E-state index in [-0.39, 0.29) is 5.91 Å². The lowest BCUT2D eigenvalue weighted by molar-refractivity contribution is 0.0304. The molecule has 1 amide bonds. The minimum absolute atomic E-state index is 0.0824. The van der Waals surface area contributed by atoms with E-state index in [1.165, 1.54) is 5.56 Å². The third kappa shape index (κ3) is 4.56. The summed E-state index contributed by atoms with van der Waals surface area (Å²) in [6, 6.07) is 14.2. The lowest BCUT2D eigenvalue weighted by Crippen LogP contribution is -2.40. The van der Waals surface area contributed by atoms with Crippen LogP contribution >= 0.6 is 0 Å². The van der Waals surface area contributed by atoms with E-state index in [1.807, 2.05) is 61.6 Å². The van der Waals surface area contributed by atoms with Gasteiger partial charge in [-0.25, -0.2) is 4.98 Å². The molecule has 5 rings (SSSR count). The summed E-state index contributed by atoms with van der Waals surface area (Å²) >= 11 is 0. The third-order valence-corrected chi connectivity index (χ3v) is 6.64. The maximum Gasteiger partial charge on any atom is 0.254 e. The molecule has 0 N–H and O–H groups in total. The Kier molecular flexibility index (Phi) is 6.24. The first-order chi connectivity index (χ1) is 16.1. The Morgan fingerprint density at radius 1 is 1.12 bits per heavy atom. The Morgan fingerprint density at radius 2 is 1.94 bits per heavy atom. The molecule has 0 aliphatic carbocycles. The number of pyridine rings is 2. The zero-order chi connectivity index (χ0) is 22.8. The van der Waals surface area contributed by atoms with E-state index in [0.717, 1.165) is 54.0 Å². The quantitative estimate of drug-likeness (QED) is 0.601. The third-order valence-electron chi connectivity index (χ3n) is 6.64. The number of aromatic nitrogens is 2. The number of rotatable bonds is 5. The molecule has 0 spiro atoms. The normalized spacial score (nSPS) is 19.2. The predicted molar refractivity (Wildman–Crippen MR) is 130 cm³/mol. The number of nitrogens with zero attached hydrogens (tertiary/aromatic N) is 5. The Hall–Kier alpha value is -3.03. The van der Waals surface area contributed by atoms with Crippen LogP contribution in [0.25, 0.3) is 10.9 Å². The first-order valence-electron chi connectivity index (χ1n) is 11.7. The van der Waals surface area contributed by atoms with Crippen LogP contribution in [-0.2, 0) is 11.3 Å². The molecule has 7 nitrogen and oxygen atoms in total. The molecule has 2 aliphatic rings. The molecule has 0 unspecified atom stereocenters. The largest absolute Gasteiger partial charge is 0.378 e. The van der Waals surface area contributed by atoms with Crippen LogP contribution in [0, 0.1) is 0 Å². The molecule has 7 heteroatoms. The number of amides is 1. The number of morpholine rings is 1. The van der Waals surface area contributed by atoms with Crippen molar-refractivity contribution < 1.29 is 9.53 Å². The molecular weight excluding hydrogens is 414 g/mol. The van der Waals surface area contributed by atoms with Crippen LogP contribution < -0.4 is 4.90 Å². The monoisotopic (exact) mass is 445 g/mol. The van der Waals surface area contributed by atoms with Crippen LogP contribution in [0.5, 0.6) is 0 Å². The van der Waals surface area contributed by atoms with Gasteiger partial charge in [0.25, 0.3) is 5.91 Å². The Bertz CT molecular complexity index is 1140. The van der Waals surface area contributed by atoms with Gasteiger partial charge in [0.2, 0.25) is 0 Å². The molecule has 0 bridgehead atoms. The fraction of sp³-hybridized carbons (Fsp3) is 0.423. The van der Waals surface area contributed by atoms with Gasteiger partial charge in [0, 0.05) is 69.0 Å². The van der Waals surface area contributed by atoms with Crippen molar-refractivity contribution in [3.8, 4) is 0 Å². The molecule has 1 atom stereocenters. The van der Waals surface area contributed by atoms with Gasteiger partial charge in [-0.2, -0.15) is 0 Å². The molecule has 172 valence electrons. The number of hydrogen-bond donors (Lipinski definition) is 0. The van der Waals surface area contributed by atoms with Gasteiger partial charge in [0.05, 0.1) is 24.3 Å². The average molecular weight is 446 g/mol. The number of benzene rings is 1. The molecule has 3 aromatic rings. The van der Waals surface area contributed by atoms with Gasteiger partial charge in [-0.05, 0) is 31.2 Å². The van der Waals surface area contributed by atoms with E-state index in [4.69, 9.17) is 9.72 Å². The molecule has 33 heavy (non-hydrogen) atoms. The smallest absolute Gasteiger partial charge is 0.254 e. The summed E-state index contributed by atoms with van der Waals surface area (Å²) in [5.74, 6) is 1.41. The zero-order valence-electron chi connectivity index (χ0n) is 19.4. The van der Waals surface area contributed by atoms with Crippen LogP contribution in [-0.4, -0.2) is 79.2 Å². The van der Waals surface area contributed by atoms with Crippen molar-refractivity contribution in [3.63, 3.8) is 0 Å². The lowest BCUT2D eigenvalue weighted by atomic mass is 9.99. The van der Waals surface area contributed by atoms with Gasteiger partial charge in [0.1, 0.15) is 5.82 Å². The van der Waals surface area contributed by atoms with Crippen LogP contribution in [0.3, 0.4) is 0 Å². The fourth-order valence-corrected chi connectivity index (χ4v) is 4.93. The topological polar surface area (TPSA) is 61.8 Å². The highest BCUT2D eigenvalue weighted by atomic mass is 16.5. The van der Waals surface area contributed by atoms with Crippen molar-refractivity contribution in [2.75, 3.05) is 58.4 Å². The average Bonchev–Trinajstić information content (AvgIpc) is 3.32. The molecule has 2 fully saturated rings. The SMILES string of the molecule is CN(C)c1ncccc1CN1CC[C@H](c2cc(C(=O)N3CCOCC3)c3ccccc3n2)C1. The summed E-state index contributed by atoms with van der Waals surface area (Å²) in [4.78, 5) is 29.4. The van der Waals surface area contributed by atoms with E-state index < -0.39 is 0 Å². The molecule has 2 aromatic heterocycles. The van der Waals surface area contributed by atoms with Crippen molar-refractivity contribution in [2.24, 2.45) is 0 Å². The Morgan fingerprint density at radius 3 is 2.76 bits per heavy atom. The summed E-state index contributed by atoms with van der Waals surface area (Å²) in [6.07, 6.45) is 2.88. The number of ether oxygens (including phenoxy) is 1. The summed E-state index contributed by atoms with van der Waals surface area (Å²) < 4.78 is 5.44. The molecule has 2 saturated heterocycles. The van der Waals surface area contributed by atoms with Gasteiger partial charge in [-0.3, -0.25) is 14.7 Å². The highest BCUT2D eigenvalue weighted by Gasteiger charge is 2.28. The molecular formula is C26H31N5O2. The second-order valence-corrected chi connectivity index (χ2v) is 9.12. The first kappa shape index (κ1) is 21.8. The van der Waals surface area contributed by atoms with E-state index in [1.54, 1.807) is 0 Å². The molecule has 0 saturated carbocycles. The highest BCUT2D eigenvalue weighted by Crippen LogP contribution is 2.31. The number of hydrogen-bond acceptors (Lipinski definition) is 6. The molecule has 4 heterocycles. The molecule has 1 aromatic carbocycles. The van der Waals surface area contributed by atoms with Crippen LogP contribution in [0.4, 0.5) is 5.82 Å². The van der Waals surface area contributed by atoms with E-state index in [0.29, 0.717) is 32.2 Å². The number of likely N-dealkylation sites (tertiary alicyclic amines) is 1. The van der Waals surface area contributed by atoms with E-state index >= 15 is 0 Å². The molecule has 0 radical (unpaired) electrons. The maximum absolute atomic E-state index is 13.4. The summed E-state index contributed by atoms with van der Waals surface area (Å²) in [5.41, 5.74) is 3.91. The van der Waals surface area contributed by atoms with Gasteiger partial charge >= 0.3 is 0 Å². The zero-order valence-corrected chi connectivity index (χ0v) is 19.4. The number of para-hydroxylation sites is 1. The van der Waals surface area contributed by atoms with Crippen LogP contribution in [0.15, 0.2) is 48.7 Å². The number of carbonyl (C=O) groups excluding carboxylic acids is 1. The summed E-state index contributed by atoms with van der Waals surface area (Å²) in [5, 5.41) is 0.929. The minimum Gasteiger partial charge on any atom is -0.378 e. The van der Waals surface area contributed by atoms with Gasteiger partial charge < -0.3 is 14.5 Å². The lowest BCUT2D eigenvalue weighted by Gasteiger charge is -2.27. The highest BCUT2D eigenvalue weighted by molar-refractivity contribution is 6.06. The number of anilines is 1. The van der Waals surface area contributed by atoms with Gasteiger partial charge in [0.15, 0.2) is 0 Å². The van der Waals surface area contributed by atoms with Crippen LogP contribution in [0.2, 0.25) is 0 Å². The number of carbonyl (C=O) groups is 1. The predicted octanol–water partition coefficient (Wildman–Crippen LogP) is 3.16. The fourth-order valence-electron chi connectivity index (χ4n) is 4.93. The Labute approximate surface area is 195 Å². The van der Waals surface area contributed by atoms with Crippen molar-refractivity contribution >= 4 is 22.6 Å². The number of fused-ring (bicyclic) bond motifs is 1. The van der Waals surface area contributed by atoms with Gasteiger partial charge in [-0.1, -0.05) is 24.3 Å². The minimum atomic E-state index is 0.0824. The maximum atomic E-state index is 13.4. The van der Waals surface area contributed by atoms with Crippen molar-refractivity contribution in [3.05, 3.63) is 65.5 Å². The molecule has 2 aliphatic heterocycles. The standard InChI is InChI=1S/C26H31N5O2/c1-29(2)25-20(6-5-10-27-25)18-30-11-9-19(17-30)24-16-22(21-7-3-4-8-23(21)28-24)26(32)31-12-14-33-15-13-31/h3-8,10,16,19H,9,11-15,17-18H2,1-2H3/t19-/m0/s1. The van der Waals surface area contributed by atoms with E-state index in [9.17, 15) is 4.79 Å². The van der Waals surface area contributed by atoms with Crippen LogP contribution in [0.1, 0.15) is 34.0 Å². The second kappa shape index (κ2) is 9.45. The van der Waals surface area contributed by atoms with Crippen molar-refractivity contribution in [1.82, 2.24) is 19.8 Å². The first-order valence-corrected chi connectivity index (χ1v) is 11.7. The second-order valence-electron chi connectivity index (χ2n) is 9.12. The summed E-state index contributed by atoms with van der Waals surface area (Å²) in [7, 11) is 4.06. The van der Waals surface area contributed by atoms with Crippen molar-refractivity contribution in [1.29, 1.82) is 0 Å². The van der Waals surface area contributed by atoms with E-state index in [2.05, 4.69) is 20.9 Å². The van der Waals surface area contributed by atoms with Gasteiger partial charge in [-0.15, -0.1) is 0 Å². The van der Waals surface area contributed by atoms with Crippen molar-refractivity contribution in [2.45, 2.75) is 18.9 Å².